The maximum Gasteiger partial charge on any atom is 0.417 e. The Bertz CT molecular complexity index is 1160. The number of carbonyl (C=O) groups excluding carboxylic acids is 2. The molecule has 9 heteroatoms. The van der Waals surface area contributed by atoms with Crippen LogP contribution in [0.5, 0.6) is 0 Å². The SMILES string of the molecule is Cc1ccccc1C(=O)N1CC2(CCN(c3ccc(C#N)c(C(F)(F)F)c3)CC2)CC1C(N)=O. The van der Waals surface area contributed by atoms with Gasteiger partial charge in [-0.15, -0.1) is 0 Å². The number of rotatable bonds is 3. The second-order valence-corrected chi connectivity index (χ2v) is 9.20. The highest BCUT2D eigenvalue weighted by atomic mass is 19.4. The predicted molar refractivity (Wildman–Crippen MR) is 120 cm³/mol. The number of hydrogen-bond donors (Lipinski definition) is 1. The second-order valence-electron chi connectivity index (χ2n) is 9.20. The van der Waals surface area contributed by atoms with Crippen LogP contribution in [0.2, 0.25) is 0 Å². The highest BCUT2D eigenvalue weighted by Gasteiger charge is 2.49. The molecule has 6 nitrogen and oxygen atoms in total. The van der Waals surface area contributed by atoms with Crippen LogP contribution in [0.4, 0.5) is 18.9 Å². The highest BCUT2D eigenvalue weighted by Crippen LogP contribution is 2.45. The lowest BCUT2D eigenvalue weighted by Gasteiger charge is -2.40. The number of primary amides is 1. The van der Waals surface area contributed by atoms with Crippen molar-refractivity contribution in [3.05, 3.63) is 64.7 Å². The van der Waals surface area contributed by atoms with Gasteiger partial charge in [0.2, 0.25) is 5.91 Å². The number of nitrogens with zero attached hydrogens (tertiary/aromatic N) is 3. The minimum absolute atomic E-state index is 0.233. The van der Waals surface area contributed by atoms with Gasteiger partial charge in [-0.25, -0.2) is 0 Å². The van der Waals surface area contributed by atoms with Crippen LogP contribution >= 0.6 is 0 Å². The normalized spacial score (nSPS) is 19.8. The molecule has 178 valence electrons. The fourth-order valence-electron chi connectivity index (χ4n) is 5.15. The minimum Gasteiger partial charge on any atom is -0.371 e. The van der Waals surface area contributed by atoms with E-state index in [9.17, 15) is 22.8 Å². The van der Waals surface area contributed by atoms with E-state index in [0.717, 1.165) is 11.6 Å². The van der Waals surface area contributed by atoms with Gasteiger partial charge in [0.25, 0.3) is 5.91 Å². The first kappa shape index (κ1) is 23.6. The van der Waals surface area contributed by atoms with Gasteiger partial charge >= 0.3 is 6.18 Å². The molecule has 0 aliphatic carbocycles. The quantitative estimate of drug-likeness (QED) is 0.737. The Morgan fingerprint density at radius 3 is 2.41 bits per heavy atom. The largest absolute Gasteiger partial charge is 0.417 e. The summed E-state index contributed by atoms with van der Waals surface area (Å²) in [7, 11) is 0. The van der Waals surface area contributed by atoms with Crippen LogP contribution in [0.25, 0.3) is 0 Å². The molecule has 2 N–H and O–H groups in total. The molecular formula is C25H25F3N4O2. The van der Waals surface area contributed by atoms with Gasteiger partial charge in [0.1, 0.15) is 6.04 Å². The first-order chi connectivity index (χ1) is 16.0. The van der Waals surface area contributed by atoms with Gasteiger partial charge in [0.15, 0.2) is 0 Å². The Morgan fingerprint density at radius 2 is 1.82 bits per heavy atom. The molecule has 1 unspecified atom stereocenters. The van der Waals surface area contributed by atoms with Crippen molar-refractivity contribution in [1.29, 1.82) is 5.26 Å². The average Bonchev–Trinajstić information content (AvgIpc) is 3.18. The number of nitriles is 1. The first-order valence-corrected chi connectivity index (χ1v) is 11.1. The summed E-state index contributed by atoms with van der Waals surface area (Å²) < 4.78 is 40.1. The van der Waals surface area contributed by atoms with E-state index in [4.69, 9.17) is 11.0 Å². The van der Waals surface area contributed by atoms with E-state index in [-0.39, 0.29) is 11.3 Å². The van der Waals surface area contributed by atoms with Crippen LogP contribution in [-0.2, 0) is 11.0 Å². The first-order valence-electron chi connectivity index (χ1n) is 11.1. The van der Waals surface area contributed by atoms with Gasteiger partial charge in [-0.2, -0.15) is 18.4 Å². The number of halogens is 3. The van der Waals surface area contributed by atoms with Crippen molar-refractivity contribution >= 4 is 17.5 Å². The van der Waals surface area contributed by atoms with E-state index >= 15 is 0 Å². The number of likely N-dealkylation sites (tertiary alicyclic amines) is 1. The molecule has 0 radical (unpaired) electrons. The van der Waals surface area contributed by atoms with E-state index < -0.39 is 29.3 Å². The molecule has 2 saturated heterocycles. The molecule has 0 aromatic heterocycles. The number of alkyl halides is 3. The van der Waals surface area contributed by atoms with Crippen LogP contribution in [0, 0.1) is 23.7 Å². The Labute approximate surface area is 195 Å². The fraction of sp³-hybridized carbons (Fsp3) is 0.400. The summed E-state index contributed by atoms with van der Waals surface area (Å²) in [5, 5.41) is 9.03. The highest BCUT2D eigenvalue weighted by molar-refractivity contribution is 5.99. The number of benzene rings is 2. The summed E-state index contributed by atoms with van der Waals surface area (Å²) in [6.45, 7) is 3.16. The molecule has 2 aliphatic heterocycles. The number of aryl methyl sites for hydroxylation is 1. The fourth-order valence-corrected chi connectivity index (χ4v) is 5.15. The van der Waals surface area contributed by atoms with Crippen molar-refractivity contribution in [2.45, 2.75) is 38.4 Å². The smallest absolute Gasteiger partial charge is 0.371 e. The van der Waals surface area contributed by atoms with Crippen LogP contribution in [0.1, 0.15) is 46.3 Å². The Morgan fingerprint density at radius 1 is 1.15 bits per heavy atom. The Balaban J connectivity index is 1.53. The lowest BCUT2D eigenvalue weighted by molar-refractivity contribution is -0.137. The summed E-state index contributed by atoms with van der Waals surface area (Å²) in [4.78, 5) is 28.9. The zero-order valence-corrected chi connectivity index (χ0v) is 18.7. The van der Waals surface area contributed by atoms with Gasteiger partial charge in [-0.1, -0.05) is 18.2 Å². The zero-order chi connectivity index (χ0) is 24.7. The third-order valence-electron chi connectivity index (χ3n) is 7.09. The maximum atomic E-state index is 13.4. The summed E-state index contributed by atoms with van der Waals surface area (Å²) in [5.41, 5.74) is 5.72. The number of anilines is 1. The molecule has 0 bridgehead atoms. The molecule has 2 heterocycles. The molecule has 2 amide bonds. The van der Waals surface area contributed by atoms with Crippen LogP contribution in [0.3, 0.4) is 0 Å². The third kappa shape index (κ3) is 4.32. The zero-order valence-electron chi connectivity index (χ0n) is 18.7. The number of nitrogens with two attached hydrogens (primary N) is 1. The van der Waals surface area contributed by atoms with Crippen molar-refractivity contribution in [1.82, 2.24) is 4.90 Å². The summed E-state index contributed by atoms with van der Waals surface area (Å²) in [6, 6.07) is 11.8. The van der Waals surface area contributed by atoms with E-state index in [1.54, 1.807) is 23.1 Å². The van der Waals surface area contributed by atoms with Crippen LogP contribution in [0.15, 0.2) is 42.5 Å². The molecule has 34 heavy (non-hydrogen) atoms. The lowest BCUT2D eigenvalue weighted by atomic mass is 9.76. The molecule has 4 rings (SSSR count). The van der Waals surface area contributed by atoms with E-state index in [1.165, 1.54) is 12.1 Å². The molecule has 2 fully saturated rings. The van der Waals surface area contributed by atoms with Crippen molar-refractivity contribution < 1.29 is 22.8 Å². The van der Waals surface area contributed by atoms with Gasteiger partial charge in [0.05, 0.1) is 17.2 Å². The molecule has 2 aliphatic rings. The van der Waals surface area contributed by atoms with E-state index in [2.05, 4.69) is 0 Å². The molecule has 2 aromatic carbocycles. The van der Waals surface area contributed by atoms with Gasteiger partial charge in [-0.3, -0.25) is 9.59 Å². The number of piperidine rings is 1. The van der Waals surface area contributed by atoms with Gasteiger partial charge < -0.3 is 15.5 Å². The van der Waals surface area contributed by atoms with E-state index in [1.807, 2.05) is 24.0 Å². The van der Waals surface area contributed by atoms with Crippen molar-refractivity contribution in [2.75, 3.05) is 24.5 Å². The standard InChI is InChI=1S/C25H25F3N4O2/c1-16-4-2-3-5-19(16)23(34)32-15-24(13-21(32)22(30)33)8-10-31(11-9-24)18-7-6-17(14-29)20(12-18)25(26,27)28/h2-7,12,21H,8-11,13,15H2,1H3,(H2,30,33). The molecule has 2 aromatic rings. The molecular weight excluding hydrogens is 445 g/mol. The number of amides is 2. The molecule has 1 atom stereocenters. The summed E-state index contributed by atoms with van der Waals surface area (Å²) in [5.74, 6) is -0.786. The lowest BCUT2D eigenvalue weighted by Crippen LogP contribution is -2.44. The Kier molecular flexibility index (Phi) is 6.02. The van der Waals surface area contributed by atoms with Crippen LogP contribution < -0.4 is 10.6 Å². The van der Waals surface area contributed by atoms with Crippen molar-refractivity contribution in [3.63, 3.8) is 0 Å². The predicted octanol–water partition coefficient (Wildman–Crippen LogP) is 3.87. The van der Waals surface area contributed by atoms with E-state index in [0.29, 0.717) is 50.1 Å². The van der Waals surface area contributed by atoms with Crippen LogP contribution in [-0.4, -0.2) is 42.4 Å². The van der Waals surface area contributed by atoms with Crippen molar-refractivity contribution in [3.8, 4) is 6.07 Å². The minimum atomic E-state index is -4.62. The maximum absolute atomic E-state index is 13.4. The molecule has 1 spiro atoms. The number of hydrogen-bond acceptors (Lipinski definition) is 4. The monoisotopic (exact) mass is 470 g/mol. The summed E-state index contributed by atoms with van der Waals surface area (Å²) >= 11 is 0. The van der Waals surface area contributed by atoms with Gasteiger partial charge in [-0.05, 0) is 61.4 Å². The molecule has 0 saturated carbocycles. The van der Waals surface area contributed by atoms with Crippen molar-refractivity contribution in [2.24, 2.45) is 11.1 Å². The average molecular weight is 470 g/mol. The number of carbonyl (C=O) groups is 2. The van der Waals surface area contributed by atoms with Gasteiger partial charge in [0, 0.05) is 30.9 Å². The summed E-state index contributed by atoms with van der Waals surface area (Å²) in [6.07, 6.45) is -2.96. The second kappa shape index (κ2) is 8.67. The topological polar surface area (TPSA) is 90.4 Å². The Hall–Kier alpha value is -3.54. The third-order valence-corrected chi connectivity index (χ3v) is 7.09.